The zero-order valence-electron chi connectivity index (χ0n) is 15.5. The summed E-state index contributed by atoms with van der Waals surface area (Å²) in [6, 6.07) is 9.37. The lowest BCUT2D eigenvalue weighted by Crippen LogP contribution is -2.50. The van der Waals surface area contributed by atoms with E-state index in [1.54, 1.807) is 0 Å². The molecule has 3 rings (SSSR count). The number of nitrogens with one attached hydrogen (secondary N) is 1. The molecule has 1 unspecified atom stereocenters. The minimum Gasteiger partial charge on any atom is -0.355 e. The maximum Gasteiger partial charge on any atom is 0.193 e. The lowest BCUT2D eigenvalue weighted by molar-refractivity contribution is 0.189. The molecule has 0 aliphatic carbocycles. The molecule has 1 saturated heterocycles. The lowest BCUT2D eigenvalue weighted by atomic mass is 9.99. The molecule has 4 nitrogen and oxygen atoms in total. The summed E-state index contributed by atoms with van der Waals surface area (Å²) in [5.74, 6) is 1.93. The van der Waals surface area contributed by atoms with Gasteiger partial charge in [0.05, 0.1) is 0 Å². The predicted molar refractivity (Wildman–Crippen MR) is 101 cm³/mol. The Labute approximate surface area is 146 Å². The molecule has 0 radical (unpaired) electrons. The van der Waals surface area contributed by atoms with E-state index in [9.17, 15) is 0 Å². The fourth-order valence-corrected chi connectivity index (χ4v) is 3.81. The Hall–Kier alpha value is -1.55. The van der Waals surface area contributed by atoms with Crippen molar-refractivity contribution in [2.75, 3.05) is 33.2 Å². The number of rotatable bonds is 3. The number of nitrogens with zero attached hydrogens (tertiary/aromatic N) is 3. The standard InChI is InChI=1S/C20H32N4/c1-16-8-11-23(12-9-16)20(21-3)22-14-17(2)24-13-10-18-6-4-5-7-19(18)15-24/h4-7,16-17H,8-15H2,1-3H3,(H,21,22). The van der Waals surface area contributed by atoms with Gasteiger partial charge in [0.2, 0.25) is 0 Å². The van der Waals surface area contributed by atoms with Gasteiger partial charge in [-0.2, -0.15) is 0 Å². The molecule has 0 saturated carbocycles. The van der Waals surface area contributed by atoms with Crippen LogP contribution >= 0.6 is 0 Å². The molecular weight excluding hydrogens is 296 g/mol. The van der Waals surface area contributed by atoms with Crippen LogP contribution in [0.2, 0.25) is 0 Å². The smallest absolute Gasteiger partial charge is 0.193 e. The first-order valence-corrected chi connectivity index (χ1v) is 9.43. The van der Waals surface area contributed by atoms with Gasteiger partial charge in [0.25, 0.3) is 0 Å². The summed E-state index contributed by atoms with van der Waals surface area (Å²) < 4.78 is 0. The van der Waals surface area contributed by atoms with Gasteiger partial charge < -0.3 is 10.2 Å². The first-order valence-electron chi connectivity index (χ1n) is 9.43. The summed E-state index contributed by atoms with van der Waals surface area (Å²) in [4.78, 5) is 9.50. The van der Waals surface area contributed by atoms with E-state index in [1.165, 1.54) is 30.4 Å². The first-order chi connectivity index (χ1) is 11.7. The molecule has 1 aromatic rings. The second kappa shape index (κ2) is 8.02. The van der Waals surface area contributed by atoms with E-state index in [1.807, 2.05) is 7.05 Å². The molecule has 24 heavy (non-hydrogen) atoms. The van der Waals surface area contributed by atoms with Crippen molar-refractivity contribution in [2.45, 2.75) is 45.7 Å². The molecule has 2 aliphatic heterocycles. The van der Waals surface area contributed by atoms with Crippen molar-refractivity contribution in [1.82, 2.24) is 15.1 Å². The monoisotopic (exact) mass is 328 g/mol. The van der Waals surface area contributed by atoms with Gasteiger partial charge in [-0.15, -0.1) is 0 Å². The van der Waals surface area contributed by atoms with Crippen LogP contribution in [0.4, 0.5) is 0 Å². The van der Waals surface area contributed by atoms with Crippen LogP contribution in [0.15, 0.2) is 29.3 Å². The maximum absolute atomic E-state index is 4.50. The summed E-state index contributed by atoms with van der Waals surface area (Å²) in [5, 5.41) is 3.61. The van der Waals surface area contributed by atoms with Crippen LogP contribution in [0.3, 0.4) is 0 Å². The zero-order valence-corrected chi connectivity index (χ0v) is 15.5. The van der Waals surface area contributed by atoms with Crippen molar-refractivity contribution >= 4 is 5.96 Å². The largest absolute Gasteiger partial charge is 0.355 e. The van der Waals surface area contributed by atoms with Crippen LogP contribution < -0.4 is 5.32 Å². The molecular formula is C20H32N4. The molecule has 0 aromatic heterocycles. The number of likely N-dealkylation sites (tertiary alicyclic amines) is 1. The topological polar surface area (TPSA) is 30.9 Å². The van der Waals surface area contributed by atoms with Gasteiger partial charge in [0.15, 0.2) is 5.96 Å². The molecule has 2 aliphatic rings. The highest BCUT2D eigenvalue weighted by Gasteiger charge is 2.22. The van der Waals surface area contributed by atoms with Crippen molar-refractivity contribution in [3.05, 3.63) is 35.4 Å². The molecule has 0 amide bonds. The summed E-state index contributed by atoms with van der Waals surface area (Å²) >= 11 is 0. The Bertz CT molecular complexity index is 561. The van der Waals surface area contributed by atoms with E-state index < -0.39 is 0 Å². The van der Waals surface area contributed by atoms with Gasteiger partial charge >= 0.3 is 0 Å². The van der Waals surface area contributed by atoms with Gasteiger partial charge in [-0.05, 0) is 43.2 Å². The number of hydrogen-bond acceptors (Lipinski definition) is 2. The third kappa shape index (κ3) is 4.10. The van der Waals surface area contributed by atoms with Crippen molar-refractivity contribution in [3.63, 3.8) is 0 Å². The highest BCUT2D eigenvalue weighted by molar-refractivity contribution is 5.80. The molecule has 1 aromatic carbocycles. The number of piperidine rings is 1. The Kier molecular flexibility index (Phi) is 5.77. The summed E-state index contributed by atoms with van der Waals surface area (Å²) in [6.07, 6.45) is 3.72. The number of benzene rings is 1. The minimum absolute atomic E-state index is 0.513. The summed E-state index contributed by atoms with van der Waals surface area (Å²) in [6.45, 7) is 10.1. The highest BCUT2D eigenvalue weighted by atomic mass is 15.3. The lowest BCUT2D eigenvalue weighted by Gasteiger charge is -2.36. The Morgan fingerprint density at radius 2 is 1.92 bits per heavy atom. The quantitative estimate of drug-likeness (QED) is 0.684. The number of aliphatic imine (C=N–C) groups is 1. The predicted octanol–water partition coefficient (Wildman–Crippen LogP) is 2.74. The van der Waals surface area contributed by atoms with E-state index in [0.717, 1.165) is 44.6 Å². The van der Waals surface area contributed by atoms with Gasteiger partial charge in [-0.1, -0.05) is 31.2 Å². The SMILES string of the molecule is CN=C(NCC(C)N1CCc2ccccc2C1)N1CCC(C)CC1. The molecule has 2 heterocycles. The third-order valence-electron chi connectivity index (χ3n) is 5.63. The van der Waals surface area contributed by atoms with Crippen molar-refractivity contribution in [3.8, 4) is 0 Å². The molecule has 0 spiro atoms. The van der Waals surface area contributed by atoms with Crippen LogP contribution in [0.1, 0.15) is 37.8 Å². The number of guanidine groups is 1. The van der Waals surface area contributed by atoms with Gasteiger partial charge in [0, 0.05) is 45.8 Å². The van der Waals surface area contributed by atoms with Crippen LogP contribution in [-0.2, 0) is 13.0 Å². The van der Waals surface area contributed by atoms with Crippen LogP contribution in [-0.4, -0.2) is 55.0 Å². The Balaban J connectivity index is 1.51. The maximum atomic E-state index is 4.50. The number of fused-ring (bicyclic) bond motifs is 1. The van der Waals surface area contributed by atoms with Crippen molar-refractivity contribution in [1.29, 1.82) is 0 Å². The molecule has 0 bridgehead atoms. The van der Waals surface area contributed by atoms with Crippen molar-refractivity contribution in [2.24, 2.45) is 10.9 Å². The first kappa shape index (κ1) is 17.3. The van der Waals surface area contributed by atoms with E-state index in [-0.39, 0.29) is 0 Å². The van der Waals surface area contributed by atoms with Crippen LogP contribution in [0.25, 0.3) is 0 Å². The molecule has 1 fully saturated rings. The highest BCUT2D eigenvalue weighted by Crippen LogP contribution is 2.20. The third-order valence-corrected chi connectivity index (χ3v) is 5.63. The van der Waals surface area contributed by atoms with Gasteiger partial charge in [0.1, 0.15) is 0 Å². The fraction of sp³-hybridized carbons (Fsp3) is 0.650. The second-order valence-electron chi connectivity index (χ2n) is 7.44. The normalized spacial score (nSPS) is 21.5. The van der Waals surface area contributed by atoms with E-state index >= 15 is 0 Å². The summed E-state index contributed by atoms with van der Waals surface area (Å²) in [5.41, 5.74) is 3.01. The van der Waals surface area contributed by atoms with Gasteiger partial charge in [-0.3, -0.25) is 9.89 Å². The second-order valence-corrected chi connectivity index (χ2v) is 7.44. The van der Waals surface area contributed by atoms with E-state index in [2.05, 4.69) is 58.2 Å². The van der Waals surface area contributed by atoms with Crippen LogP contribution in [0.5, 0.6) is 0 Å². The zero-order chi connectivity index (χ0) is 16.9. The van der Waals surface area contributed by atoms with Crippen LogP contribution in [0, 0.1) is 5.92 Å². The summed E-state index contributed by atoms with van der Waals surface area (Å²) in [7, 11) is 1.90. The Morgan fingerprint density at radius 3 is 2.62 bits per heavy atom. The van der Waals surface area contributed by atoms with Crippen molar-refractivity contribution < 1.29 is 0 Å². The van der Waals surface area contributed by atoms with E-state index in [4.69, 9.17) is 0 Å². The fourth-order valence-electron chi connectivity index (χ4n) is 3.81. The van der Waals surface area contributed by atoms with E-state index in [0.29, 0.717) is 6.04 Å². The molecule has 132 valence electrons. The molecule has 1 N–H and O–H groups in total. The molecule has 4 heteroatoms. The number of hydrogen-bond donors (Lipinski definition) is 1. The van der Waals surface area contributed by atoms with Gasteiger partial charge in [-0.25, -0.2) is 0 Å². The minimum atomic E-state index is 0.513. The molecule has 1 atom stereocenters. The average molecular weight is 329 g/mol. The average Bonchev–Trinajstić information content (AvgIpc) is 2.63. The Morgan fingerprint density at radius 1 is 1.21 bits per heavy atom.